The summed E-state index contributed by atoms with van der Waals surface area (Å²) >= 11 is 6.01. The van der Waals surface area contributed by atoms with E-state index in [2.05, 4.69) is 0 Å². The number of alkyl halides is 1. The quantitative estimate of drug-likeness (QED) is 0.494. The van der Waals surface area contributed by atoms with Crippen molar-refractivity contribution in [3.8, 4) is 0 Å². The monoisotopic (exact) mass is 276 g/mol. The van der Waals surface area contributed by atoms with Gasteiger partial charge >= 0.3 is 5.63 Å². The van der Waals surface area contributed by atoms with Crippen LogP contribution in [0.2, 0.25) is 0 Å². The normalized spacial score (nSPS) is 11.6. The summed E-state index contributed by atoms with van der Waals surface area (Å²) in [6.45, 7) is 5.75. The Morgan fingerprint density at radius 1 is 1.05 bits per heavy atom. The molecule has 4 heteroatoms. The molecule has 0 aliphatic rings. The van der Waals surface area contributed by atoms with Gasteiger partial charge in [-0.05, 0) is 38.0 Å². The third kappa shape index (κ3) is 1.69. The Morgan fingerprint density at radius 2 is 1.79 bits per heavy atom. The fraction of sp³-hybridized carbons (Fsp3) is 0.267. The van der Waals surface area contributed by atoms with Gasteiger partial charge in [-0.2, -0.15) is 0 Å². The third-order valence-corrected chi connectivity index (χ3v) is 3.76. The summed E-state index contributed by atoms with van der Waals surface area (Å²) in [4.78, 5) is 11.6. The van der Waals surface area contributed by atoms with Crippen LogP contribution in [0.1, 0.15) is 22.5 Å². The van der Waals surface area contributed by atoms with Crippen LogP contribution in [-0.4, -0.2) is 0 Å². The Hall–Kier alpha value is -1.74. The summed E-state index contributed by atoms with van der Waals surface area (Å²) < 4.78 is 11.2. The smallest absolute Gasteiger partial charge is 0.336 e. The predicted molar refractivity (Wildman–Crippen MR) is 76.0 cm³/mol. The van der Waals surface area contributed by atoms with Crippen LogP contribution < -0.4 is 5.63 Å². The van der Waals surface area contributed by atoms with Crippen LogP contribution in [-0.2, 0) is 5.88 Å². The molecule has 0 saturated carbocycles. The summed E-state index contributed by atoms with van der Waals surface area (Å²) in [6.07, 6.45) is 0. The van der Waals surface area contributed by atoms with Gasteiger partial charge in [-0.25, -0.2) is 4.79 Å². The predicted octanol–water partition coefficient (Wildman–Crippen LogP) is 4.20. The van der Waals surface area contributed by atoms with Crippen LogP contribution in [0.3, 0.4) is 0 Å². The fourth-order valence-corrected chi connectivity index (χ4v) is 2.85. The molecular weight excluding hydrogens is 264 g/mol. The minimum atomic E-state index is -0.352. The van der Waals surface area contributed by atoms with Gasteiger partial charge in [-0.3, -0.25) is 0 Å². The molecule has 0 atom stereocenters. The molecule has 3 rings (SSSR count). The van der Waals surface area contributed by atoms with Gasteiger partial charge in [0.25, 0.3) is 0 Å². The minimum Gasteiger partial charge on any atom is -0.461 e. The Labute approximate surface area is 114 Å². The van der Waals surface area contributed by atoms with Crippen LogP contribution in [0, 0.1) is 20.8 Å². The molecule has 0 amide bonds. The Kier molecular flexibility index (Phi) is 2.68. The van der Waals surface area contributed by atoms with E-state index in [0.717, 1.165) is 38.8 Å². The summed E-state index contributed by atoms with van der Waals surface area (Å²) in [5.41, 5.74) is 3.76. The number of fused-ring (bicyclic) bond motifs is 3. The van der Waals surface area contributed by atoms with Gasteiger partial charge in [0, 0.05) is 17.0 Å². The maximum atomic E-state index is 11.6. The SMILES string of the molecule is Cc1oc2c(C)cc3c(C)cc(=O)oc3c2c1CCl. The molecule has 0 bridgehead atoms. The molecule has 0 N–H and O–H groups in total. The molecule has 0 aliphatic heterocycles. The van der Waals surface area contributed by atoms with Crippen molar-refractivity contribution in [1.82, 2.24) is 0 Å². The van der Waals surface area contributed by atoms with Crippen LogP contribution in [0.15, 0.2) is 25.8 Å². The van der Waals surface area contributed by atoms with E-state index >= 15 is 0 Å². The van der Waals surface area contributed by atoms with Crippen molar-refractivity contribution in [3.05, 3.63) is 45.0 Å². The van der Waals surface area contributed by atoms with Crippen LogP contribution >= 0.6 is 11.6 Å². The highest BCUT2D eigenvalue weighted by Crippen LogP contribution is 2.35. The van der Waals surface area contributed by atoms with Crippen molar-refractivity contribution in [2.75, 3.05) is 0 Å². The number of benzene rings is 1. The standard InChI is InChI=1S/C15H13ClO3/c1-7-5-12(17)19-15-10(7)4-8(2)14-13(15)11(6-16)9(3)18-14/h4-5H,6H2,1-3H3. The zero-order valence-corrected chi connectivity index (χ0v) is 11.7. The van der Waals surface area contributed by atoms with E-state index < -0.39 is 0 Å². The van der Waals surface area contributed by atoms with Crippen molar-refractivity contribution in [2.24, 2.45) is 0 Å². The van der Waals surface area contributed by atoms with E-state index in [1.165, 1.54) is 6.07 Å². The maximum absolute atomic E-state index is 11.6. The molecule has 0 aliphatic carbocycles. The number of furan rings is 1. The molecule has 1 aromatic carbocycles. The molecule has 3 aromatic rings. The van der Waals surface area contributed by atoms with E-state index in [-0.39, 0.29) is 5.63 Å². The second-order valence-electron chi connectivity index (χ2n) is 4.79. The third-order valence-electron chi connectivity index (χ3n) is 3.50. The molecule has 2 heterocycles. The molecule has 2 aromatic heterocycles. The van der Waals surface area contributed by atoms with E-state index in [4.69, 9.17) is 20.4 Å². The molecular formula is C15H13ClO3. The first-order chi connectivity index (χ1) is 9.02. The molecule has 0 spiro atoms. The molecule has 98 valence electrons. The topological polar surface area (TPSA) is 43.4 Å². The second-order valence-corrected chi connectivity index (χ2v) is 5.06. The van der Waals surface area contributed by atoms with Crippen molar-refractivity contribution in [3.63, 3.8) is 0 Å². The van der Waals surface area contributed by atoms with Gasteiger partial charge in [0.15, 0.2) is 0 Å². The molecule has 19 heavy (non-hydrogen) atoms. The largest absolute Gasteiger partial charge is 0.461 e. The second kappa shape index (κ2) is 4.14. The molecule has 0 fully saturated rings. The van der Waals surface area contributed by atoms with Crippen molar-refractivity contribution < 1.29 is 8.83 Å². The lowest BCUT2D eigenvalue weighted by Gasteiger charge is -2.04. The zero-order valence-electron chi connectivity index (χ0n) is 11.0. The first-order valence-corrected chi connectivity index (χ1v) is 6.58. The van der Waals surface area contributed by atoms with E-state index in [9.17, 15) is 4.79 Å². The van der Waals surface area contributed by atoms with Gasteiger partial charge in [0.2, 0.25) is 0 Å². The first-order valence-electron chi connectivity index (χ1n) is 6.05. The van der Waals surface area contributed by atoms with Crippen LogP contribution in [0.25, 0.3) is 21.9 Å². The van der Waals surface area contributed by atoms with E-state index in [1.54, 1.807) is 0 Å². The summed E-state index contributed by atoms with van der Waals surface area (Å²) in [6, 6.07) is 3.48. The Balaban J connectivity index is 2.68. The zero-order chi connectivity index (χ0) is 13.7. The molecule has 3 nitrogen and oxygen atoms in total. The summed E-state index contributed by atoms with van der Waals surface area (Å²) in [5, 5.41) is 1.75. The lowest BCUT2D eigenvalue weighted by molar-refractivity contribution is 0.561. The highest BCUT2D eigenvalue weighted by atomic mass is 35.5. The van der Waals surface area contributed by atoms with Gasteiger partial charge < -0.3 is 8.83 Å². The van der Waals surface area contributed by atoms with Gasteiger partial charge in [-0.1, -0.05) is 0 Å². The number of halogens is 1. The highest BCUT2D eigenvalue weighted by Gasteiger charge is 2.18. The van der Waals surface area contributed by atoms with Crippen LogP contribution in [0.5, 0.6) is 0 Å². The van der Waals surface area contributed by atoms with Crippen LogP contribution in [0.4, 0.5) is 0 Å². The molecule has 0 radical (unpaired) electrons. The van der Waals surface area contributed by atoms with Gasteiger partial charge in [0.05, 0.1) is 11.3 Å². The number of rotatable bonds is 1. The lowest BCUT2D eigenvalue weighted by Crippen LogP contribution is -1.98. The maximum Gasteiger partial charge on any atom is 0.336 e. The van der Waals surface area contributed by atoms with E-state index in [1.807, 2.05) is 26.8 Å². The molecule has 0 unspecified atom stereocenters. The first kappa shape index (κ1) is 12.3. The number of hydrogen-bond donors (Lipinski definition) is 0. The van der Waals surface area contributed by atoms with Crippen molar-refractivity contribution >= 4 is 33.5 Å². The number of hydrogen-bond acceptors (Lipinski definition) is 3. The summed E-state index contributed by atoms with van der Waals surface area (Å²) in [7, 11) is 0. The number of aryl methyl sites for hydroxylation is 3. The average Bonchev–Trinajstić information content (AvgIpc) is 2.68. The van der Waals surface area contributed by atoms with E-state index in [0.29, 0.717) is 11.5 Å². The minimum absolute atomic E-state index is 0.328. The van der Waals surface area contributed by atoms with Gasteiger partial charge in [-0.15, -0.1) is 11.6 Å². The Bertz CT molecular complexity index is 855. The van der Waals surface area contributed by atoms with Crippen molar-refractivity contribution in [2.45, 2.75) is 26.7 Å². The summed E-state index contributed by atoms with van der Waals surface area (Å²) in [5.74, 6) is 1.10. The fourth-order valence-electron chi connectivity index (χ4n) is 2.52. The highest BCUT2D eigenvalue weighted by molar-refractivity contribution is 6.19. The average molecular weight is 277 g/mol. The van der Waals surface area contributed by atoms with Crippen molar-refractivity contribution in [1.29, 1.82) is 0 Å². The van der Waals surface area contributed by atoms with Gasteiger partial charge in [0.1, 0.15) is 16.9 Å². The molecule has 0 saturated heterocycles. The lowest BCUT2D eigenvalue weighted by atomic mass is 10.0. The Morgan fingerprint density at radius 3 is 2.47 bits per heavy atom.